The van der Waals surface area contributed by atoms with Gasteiger partial charge in [0.25, 0.3) is 10.2 Å². The van der Waals surface area contributed by atoms with E-state index >= 15 is 0 Å². The number of hydrogen-bond donors (Lipinski definition) is 1. The van der Waals surface area contributed by atoms with Crippen LogP contribution >= 0.6 is 0 Å². The van der Waals surface area contributed by atoms with Crippen molar-refractivity contribution in [1.82, 2.24) is 12.9 Å². The molecule has 1 atom stereocenters. The van der Waals surface area contributed by atoms with Gasteiger partial charge in [0.1, 0.15) is 10.6 Å². The number of hydrogen-bond acceptors (Lipinski definition) is 7. The molecule has 0 bridgehead atoms. The molecular weight excluding hydrogens is 460 g/mol. The fourth-order valence-corrected chi connectivity index (χ4v) is 6.50. The highest BCUT2D eigenvalue weighted by atomic mass is 32.2. The molecular formula is C19H30N4O7S2. The molecule has 2 saturated heterocycles. The second kappa shape index (κ2) is 10.0. The first-order valence-electron chi connectivity index (χ1n) is 10.3. The molecule has 0 spiro atoms. The Labute approximate surface area is 189 Å². The van der Waals surface area contributed by atoms with E-state index in [-0.39, 0.29) is 36.2 Å². The van der Waals surface area contributed by atoms with Crippen LogP contribution in [0.25, 0.3) is 0 Å². The van der Waals surface area contributed by atoms with Crippen LogP contribution in [0.5, 0.6) is 5.75 Å². The zero-order valence-electron chi connectivity index (χ0n) is 18.5. The van der Waals surface area contributed by atoms with Crippen LogP contribution in [-0.4, -0.2) is 96.3 Å². The van der Waals surface area contributed by atoms with Crippen molar-refractivity contribution in [3.8, 4) is 5.75 Å². The van der Waals surface area contributed by atoms with Gasteiger partial charge < -0.3 is 14.8 Å². The van der Waals surface area contributed by atoms with Gasteiger partial charge in [0.2, 0.25) is 15.9 Å². The van der Waals surface area contributed by atoms with E-state index in [1.54, 1.807) is 6.07 Å². The zero-order chi connectivity index (χ0) is 23.5. The summed E-state index contributed by atoms with van der Waals surface area (Å²) < 4.78 is 65.3. The molecule has 180 valence electrons. The van der Waals surface area contributed by atoms with E-state index in [1.807, 2.05) is 0 Å². The number of morpholine rings is 1. The molecule has 0 saturated carbocycles. The molecule has 0 radical (unpaired) electrons. The summed E-state index contributed by atoms with van der Waals surface area (Å²) in [6.45, 7) is 1.52. The minimum absolute atomic E-state index is 0.0415. The largest absolute Gasteiger partial charge is 0.495 e. The highest BCUT2D eigenvalue weighted by Crippen LogP contribution is 2.31. The van der Waals surface area contributed by atoms with Crippen molar-refractivity contribution in [2.45, 2.75) is 17.7 Å². The van der Waals surface area contributed by atoms with Crippen molar-refractivity contribution in [2.24, 2.45) is 5.92 Å². The van der Waals surface area contributed by atoms with Gasteiger partial charge in [-0.05, 0) is 31.0 Å². The first kappa shape index (κ1) is 24.9. The Morgan fingerprint density at radius 2 is 1.81 bits per heavy atom. The van der Waals surface area contributed by atoms with Crippen LogP contribution in [0.4, 0.5) is 5.69 Å². The van der Waals surface area contributed by atoms with Gasteiger partial charge in [0, 0.05) is 46.0 Å². The Bertz CT molecular complexity index is 1040. The molecule has 1 N–H and O–H groups in total. The molecule has 2 fully saturated rings. The monoisotopic (exact) mass is 490 g/mol. The lowest BCUT2D eigenvalue weighted by molar-refractivity contribution is -0.120. The van der Waals surface area contributed by atoms with E-state index < -0.39 is 26.2 Å². The number of piperidine rings is 1. The van der Waals surface area contributed by atoms with Gasteiger partial charge in [-0.2, -0.15) is 21.3 Å². The number of ether oxygens (including phenoxy) is 2. The number of carbonyl (C=O) groups excluding carboxylic acids is 1. The van der Waals surface area contributed by atoms with Gasteiger partial charge in [-0.1, -0.05) is 0 Å². The third kappa shape index (κ3) is 5.24. The lowest BCUT2D eigenvalue weighted by Gasteiger charge is -2.32. The maximum atomic E-state index is 13.1. The number of nitrogens with zero attached hydrogens (tertiary/aromatic N) is 3. The van der Waals surface area contributed by atoms with Crippen LogP contribution in [0, 0.1) is 5.92 Å². The summed E-state index contributed by atoms with van der Waals surface area (Å²) >= 11 is 0. The minimum atomic E-state index is -3.84. The number of carbonyl (C=O) groups is 1. The number of nitrogens with one attached hydrogen (secondary N) is 1. The summed E-state index contributed by atoms with van der Waals surface area (Å²) in [5.41, 5.74) is 0.301. The lowest BCUT2D eigenvalue weighted by Crippen LogP contribution is -2.47. The first-order chi connectivity index (χ1) is 15.1. The van der Waals surface area contributed by atoms with Gasteiger partial charge >= 0.3 is 0 Å². The Hall–Kier alpha value is -1.77. The van der Waals surface area contributed by atoms with Crippen molar-refractivity contribution in [3.63, 3.8) is 0 Å². The third-order valence-corrected chi connectivity index (χ3v) is 9.39. The topological polar surface area (TPSA) is 126 Å². The minimum Gasteiger partial charge on any atom is -0.495 e. The van der Waals surface area contributed by atoms with Crippen molar-refractivity contribution >= 4 is 31.8 Å². The normalized spacial score (nSPS) is 21.4. The van der Waals surface area contributed by atoms with Crippen molar-refractivity contribution < 1.29 is 31.1 Å². The van der Waals surface area contributed by atoms with Crippen molar-refractivity contribution in [2.75, 3.05) is 65.9 Å². The number of sulfonamides is 1. The molecule has 1 aromatic carbocycles. The summed E-state index contributed by atoms with van der Waals surface area (Å²) in [5, 5.41) is 2.74. The van der Waals surface area contributed by atoms with E-state index in [2.05, 4.69) is 5.32 Å². The average molecular weight is 491 g/mol. The maximum absolute atomic E-state index is 13.1. The summed E-state index contributed by atoms with van der Waals surface area (Å²) in [5.74, 6) is -0.723. The Morgan fingerprint density at radius 1 is 1.12 bits per heavy atom. The quantitative estimate of drug-likeness (QED) is 0.578. The Balaban J connectivity index is 1.79. The molecule has 0 unspecified atom stereocenters. The van der Waals surface area contributed by atoms with E-state index in [4.69, 9.17) is 9.47 Å². The van der Waals surface area contributed by atoms with Crippen LogP contribution in [0.1, 0.15) is 12.8 Å². The molecule has 2 aliphatic rings. The number of benzene rings is 1. The third-order valence-electron chi connectivity index (χ3n) is 5.56. The molecule has 3 rings (SSSR count). The molecule has 1 amide bonds. The molecule has 11 nitrogen and oxygen atoms in total. The van der Waals surface area contributed by atoms with Crippen LogP contribution in [0.2, 0.25) is 0 Å². The number of anilines is 1. The van der Waals surface area contributed by atoms with Gasteiger partial charge in [0.05, 0.1) is 26.2 Å². The summed E-state index contributed by atoms with van der Waals surface area (Å²) in [7, 11) is -3.17. The molecule has 0 aliphatic carbocycles. The standard InChI is InChI=1S/C19H30N4O7S2/c1-21(2)32(27,28)23-8-4-5-15(14-23)19(24)20-16-6-7-17(29-3)18(13-16)31(25,26)22-9-11-30-12-10-22/h6-7,13,15H,4-5,8-12,14H2,1-3H3,(H,20,24)/t15-/m0/s1. The van der Waals surface area contributed by atoms with E-state index in [9.17, 15) is 21.6 Å². The highest BCUT2D eigenvalue weighted by Gasteiger charge is 2.34. The number of amides is 1. The summed E-state index contributed by atoms with van der Waals surface area (Å²) in [6, 6.07) is 4.43. The van der Waals surface area contributed by atoms with Gasteiger partial charge in [-0.15, -0.1) is 0 Å². The molecule has 13 heteroatoms. The molecule has 32 heavy (non-hydrogen) atoms. The average Bonchev–Trinajstić information content (AvgIpc) is 2.79. The summed E-state index contributed by atoms with van der Waals surface area (Å²) in [4.78, 5) is 12.8. The SMILES string of the molecule is COc1ccc(NC(=O)[C@H]2CCCN(S(=O)(=O)N(C)C)C2)cc1S(=O)(=O)N1CCOCC1. The van der Waals surface area contributed by atoms with Crippen molar-refractivity contribution in [3.05, 3.63) is 18.2 Å². The van der Waals surface area contributed by atoms with E-state index in [1.165, 1.54) is 41.9 Å². The van der Waals surface area contributed by atoms with Gasteiger partial charge in [-0.25, -0.2) is 8.42 Å². The molecule has 1 aromatic rings. The van der Waals surface area contributed by atoms with E-state index in [0.717, 1.165) is 4.31 Å². The molecule has 2 aliphatic heterocycles. The summed E-state index contributed by atoms with van der Waals surface area (Å²) in [6.07, 6.45) is 1.10. The number of methoxy groups -OCH3 is 1. The van der Waals surface area contributed by atoms with Crippen LogP contribution < -0.4 is 10.1 Å². The fourth-order valence-electron chi connectivity index (χ4n) is 3.72. The predicted molar refractivity (Wildman–Crippen MR) is 118 cm³/mol. The molecule has 2 heterocycles. The zero-order valence-corrected chi connectivity index (χ0v) is 20.1. The van der Waals surface area contributed by atoms with Gasteiger partial charge in [0.15, 0.2) is 0 Å². The van der Waals surface area contributed by atoms with E-state index in [0.29, 0.717) is 38.3 Å². The highest BCUT2D eigenvalue weighted by molar-refractivity contribution is 7.89. The smallest absolute Gasteiger partial charge is 0.281 e. The van der Waals surface area contributed by atoms with Gasteiger partial charge in [-0.3, -0.25) is 4.79 Å². The predicted octanol–water partition coefficient (Wildman–Crippen LogP) is 0.173. The second-order valence-corrected chi connectivity index (χ2v) is 11.9. The van der Waals surface area contributed by atoms with Crippen LogP contribution in [0.15, 0.2) is 23.1 Å². The van der Waals surface area contributed by atoms with Crippen molar-refractivity contribution in [1.29, 1.82) is 0 Å². The Kier molecular flexibility index (Phi) is 7.78. The molecule has 0 aromatic heterocycles. The first-order valence-corrected chi connectivity index (χ1v) is 13.2. The lowest BCUT2D eigenvalue weighted by atomic mass is 9.99. The second-order valence-electron chi connectivity index (χ2n) is 7.86. The Morgan fingerprint density at radius 3 is 2.44 bits per heavy atom. The van der Waals surface area contributed by atoms with Crippen LogP contribution in [-0.2, 0) is 29.8 Å². The number of rotatable bonds is 7. The fraction of sp³-hybridized carbons (Fsp3) is 0.632. The maximum Gasteiger partial charge on any atom is 0.281 e. The van der Waals surface area contributed by atoms with Crippen LogP contribution in [0.3, 0.4) is 0 Å².